The lowest BCUT2D eigenvalue weighted by Crippen LogP contribution is -2.33. The maximum Gasteiger partial charge on any atom is 0.102 e. The minimum atomic E-state index is -0.744. The molecule has 1 saturated heterocycles. The topological polar surface area (TPSA) is 84.4 Å². The van der Waals surface area contributed by atoms with Crippen LogP contribution in [0.15, 0.2) is 0 Å². The third-order valence-electron chi connectivity index (χ3n) is 1.98. The predicted octanol–water partition coefficient (Wildman–Crippen LogP) is -1.07. The molecule has 4 N–H and O–H groups in total. The first kappa shape index (κ1) is 12.8. The van der Waals surface area contributed by atoms with Crippen LogP contribution in [0.5, 0.6) is 0 Å². The van der Waals surface area contributed by atoms with Crippen molar-refractivity contribution in [1.29, 1.82) is 0 Å². The van der Waals surface area contributed by atoms with E-state index >= 15 is 0 Å². The van der Waals surface area contributed by atoms with E-state index in [1.165, 1.54) is 6.42 Å². The van der Waals surface area contributed by atoms with Gasteiger partial charge in [-0.15, -0.1) is 0 Å². The van der Waals surface area contributed by atoms with Gasteiger partial charge in [-0.25, -0.2) is 0 Å². The number of hydrogen-bond donors (Lipinski definition) is 2. The first-order valence-electron chi connectivity index (χ1n) is 4.49. The van der Waals surface area contributed by atoms with Gasteiger partial charge in [0, 0.05) is 13.1 Å². The van der Waals surface area contributed by atoms with Crippen LogP contribution in [0.4, 0.5) is 0 Å². The molecule has 0 aromatic carbocycles. The summed E-state index contributed by atoms with van der Waals surface area (Å²) in [5.41, 5.74) is 0. The normalized spacial score (nSPS) is 20.8. The van der Waals surface area contributed by atoms with E-state index in [0.29, 0.717) is 0 Å². The monoisotopic (exact) mass is 193 g/mol. The van der Waals surface area contributed by atoms with Crippen LogP contribution >= 0.6 is 0 Å². The van der Waals surface area contributed by atoms with Crippen LogP contribution in [0.3, 0.4) is 0 Å². The summed E-state index contributed by atoms with van der Waals surface area (Å²) < 4.78 is 0. The Morgan fingerprint density at radius 2 is 1.85 bits per heavy atom. The highest BCUT2D eigenvalue weighted by Gasteiger charge is 2.11. The number of hydroxylamine groups is 2. The van der Waals surface area contributed by atoms with Crippen LogP contribution < -0.4 is 0 Å². The predicted molar refractivity (Wildman–Crippen MR) is 48.1 cm³/mol. The Morgan fingerprint density at radius 3 is 2.38 bits per heavy atom. The van der Waals surface area contributed by atoms with E-state index in [2.05, 4.69) is 0 Å². The van der Waals surface area contributed by atoms with Crippen molar-refractivity contribution in [2.45, 2.75) is 25.4 Å². The highest BCUT2D eigenvalue weighted by molar-refractivity contribution is 4.57. The molecule has 0 amide bonds. The fraction of sp³-hybridized carbons (Fsp3) is 1.00. The first-order chi connectivity index (χ1) is 5.83. The van der Waals surface area contributed by atoms with E-state index in [1.807, 2.05) is 5.06 Å². The van der Waals surface area contributed by atoms with E-state index < -0.39 is 6.10 Å². The molecule has 0 saturated carbocycles. The maximum absolute atomic E-state index is 8.99. The lowest BCUT2D eigenvalue weighted by Gasteiger charge is -2.26. The molecule has 13 heavy (non-hydrogen) atoms. The Kier molecular flexibility index (Phi) is 7.12. The van der Waals surface area contributed by atoms with Gasteiger partial charge in [0.1, 0.15) is 6.10 Å². The lowest BCUT2D eigenvalue weighted by atomic mass is 10.2. The Bertz CT molecular complexity index is 117. The van der Waals surface area contributed by atoms with E-state index in [-0.39, 0.29) is 18.7 Å². The molecule has 0 aromatic rings. The second-order valence-corrected chi connectivity index (χ2v) is 3.12. The van der Waals surface area contributed by atoms with Crippen molar-refractivity contribution >= 4 is 0 Å². The minimum Gasteiger partial charge on any atom is -0.412 e. The number of aliphatic hydroxyl groups is 2. The SMILES string of the molecule is O.OCC(O)CON1CCCCC1. The summed E-state index contributed by atoms with van der Waals surface area (Å²) in [5.74, 6) is 0. The fourth-order valence-corrected chi connectivity index (χ4v) is 1.24. The third-order valence-corrected chi connectivity index (χ3v) is 1.98. The maximum atomic E-state index is 8.99. The van der Waals surface area contributed by atoms with Gasteiger partial charge in [-0.1, -0.05) is 6.42 Å². The Hall–Kier alpha value is -0.200. The molecule has 1 fully saturated rings. The average molecular weight is 193 g/mol. The number of nitrogens with zero attached hydrogens (tertiary/aromatic N) is 1. The van der Waals surface area contributed by atoms with Crippen molar-refractivity contribution in [2.24, 2.45) is 0 Å². The van der Waals surface area contributed by atoms with Crippen LogP contribution in [0.1, 0.15) is 19.3 Å². The van der Waals surface area contributed by atoms with Gasteiger partial charge >= 0.3 is 0 Å². The summed E-state index contributed by atoms with van der Waals surface area (Å²) in [5, 5.41) is 19.4. The molecule has 1 atom stereocenters. The summed E-state index contributed by atoms with van der Waals surface area (Å²) in [6.07, 6.45) is 2.85. The van der Waals surface area contributed by atoms with Crippen molar-refractivity contribution in [3.8, 4) is 0 Å². The van der Waals surface area contributed by atoms with Crippen molar-refractivity contribution in [3.63, 3.8) is 0 Å². The van der Waals surface area contributed by atoms with Gasteiger partial charge in [-0.2, -0.15) is 5.06 Å². The van der Waals surface area contributed by atoms with Crippen LogP contribution in [0.25, 0.3) is 0 Å². The smallest absolute Gasteiger partial charge is 0.102 e. The van der Waals surface area contributed by atoms with Gasteiger partial charge in [-0.05, 0) is 12.8 Å². The van der Waals surface area contributed by atoms with E-state index in [0.717, 1.165) is 25.9 Å². The first-order valence-corrected chi connectivity index (χ1v) is 4.49. The number of aliphatic hydroxyl groups excluding tert-OH is 2. The largest absolute Gasteiger partial charge is 0.412 e. The number of rotatable bonds is 4. The standard InChI is InChI=1S/C8H17NO3.H2O/c10-6-8(11)7-12-9-4-2-1-3-5-9;/h8,10-11H,1-7H2;1H2. The molecule has 5 nitrogen and oxygen atoms in total. The molecular weight excluding hydrogens is 174 g/mol. The third kappa shape index (κ3) is 5.17. The van der Waals surface area contributed by atoms with Gasteiger partial charge in [0.05, 0.1) is 13.2 Å². The minimum absolute atomic E-state index is 0. The van der Waals surface area contributed by atoms with Crippen molar-refractivity contribution in [3.05, 3.63) is 0 Å². The molecular formula is C8H19NO4. The second kappa shape index (κ2) is 7.23. The lowest BCUT2D eigenvalue weighted by molar-refractivity contribution is -0.189. The molecule has 0 radical (unpaired) electrons. The molecule has 80 valence electrons. The fourth-order valence-electron chi connectivity index (χ4n) is 1.24. The zero-order valence-corrected chi connectivity index (χ0v) is 7.78. The van der Waals surface area contributed by atoms with Crippen LogP contribution in [-0.2, 0) is 4.84 Å². The molecule has 0 bridgehead atoms. The van der Waals surface area contributed by atoms with Crippen molar-refractivity contribution in [2.75, 3.05) is 26.3 Å². The van der Waals surface area contributed by atoms with Crippen LogP contribution in [0, 0.1) is 0 Å². The van der Waals surface area contributed by atoms with E-state index in [4.69, 9.17) is 15.1 Å². The van der Waals surface area contributed by atoms with Crippen molar-refractivity contribution in [1.82, 2.24) is 5.06 Å². The summed E-state index contributed by atoms with van der Waals surface area (Å²) in [4.78, 5) is 5.26. The molecule has 0 aliphatic carbocycles. The summed E-state index contributed by atoms with van der Waals surface area (Å²) in [6.45, 7) is 1.86. The number of hydrogen-bond acceptors (Lipinski definition) is 4. The zero-order valence-electron chi connectivity index (χ0n) is 7.78. The molecule has 5 heteroatoms. The van der Waals surface area contributed by atoms with E-state index in [1.54, 1.807) is 0 Å². The van der Waals surface area contributed by atoms with Gasteiger partial charge in [0.15, 0.2) is 0 Å². The molecule has 1 unspecified atom stereocenters. The second-order valence-electron chi connectivity index (χ2n) is 3.12. The summed E-state index contributed by atoms with van der Waals surface area (Å²) in [7, 11) is 0. The average Bonchev–Trinajstić information content (AvgIpc) is 2.16. The van der Waals surface area contributed by atoms with Crippen LogP contribution in [0.2, 0.25) is 0 Å². The number of piperidine rings is 1. The van der Waals surface area contributed by atoms with Gasteiger partial charge in [0.25, 0.3) is 0 Å². The molecule has 1 heterocycles. The molecule has 1 aliphatic rings. The van der Waals surface area contributed by atoms with Crippen LogP contribution in [-0.4, -0.2) is 53.2 Å². The molecule has 0 aromatic heterocycles. The summed E-state index contributed by atoms with van der Waals surface area (Å²) in [6, 6.07) is 0. The van der Waals surface area contributed by atoms with Gasteiger partial charge < -0.3 is 15.7 Å². The Labute approximate surface area is 78.2 Å². The van der Waals surface area contributed by atoms with Gasteiger partial charge in [-0.3, -0.25) is 4.84 Å². The quantitative estimate of drug-likeness (QED) is 0.595. The van der Waals surface area contributed by atoms with E-state index in [9.17, 15) is 0 Å². The highest BCUT2D eigenvalue weighted by atomic mass is 16.7. The van der Waals surface area contributed by atoms with Crippen molar-refractivity contribution < 1.29 is 20.5 Å². The summed E-state index contributed by atoms with van der Waals surface area (Å²) >= 11 is 0. The Balaban J connectivity index is 0.00000144. The molecule has 1 rings (SSSR count). The Morgan fingerprint density at radius 1 is 1.23 bits per heavy atom. The highest BCUT2D eigenvalue weighted by Crippen LogP contribution is 2.08. The zero-order chi connectivity index (χ0) is 8.81. The molecule has 1 aliphatic heterocycles. The van der Waals surface area contributed by atoms with Gasteiger partial charge in [0.2, 0.25) is 0 Å². The molecule has 0 spiro atoms.